The van der Waals surface area contributed by atoms with Crippen LogP contribution < -0.4 is 0 Å². The summed E-state index contributed by atoms with van der Waals surface area (Å²) in [6.07, 6.45) is 0. The lowest BCUT2D eigenvalue weighted by Gasteiger charge is -2.15. The van der Waals surface area contributed by atoms with Crippen LogP contribution in [0.4, 0.5) is 0 Å². The summed E-state index contributed by atoms with van der Waals surface area (Å²) in [6.45, 7) is 0. The summed E-state index contributed by atoms with van der Waals surface area (Å²) >= 11 is 0. The zero-order valence-corrected chi connectivity index (χ0v) is 28.1. The van der Waals surface area contributed by atoms with Gasteiger partial charge in [0.2, 0.25) is 0 Å². The molecule has 0 saturated heterocycles. The van der Waals surface area contributed by atoms with Crippen LogP contribution in [-0.4, -0.2) is 19.1 Å². The highest BCUT2D eigenvalue weighted by atomic mass is 15.0. The highest BCUT2D eigenvalue weighted by Crippen LogP contribution is 2.43. The highest BCUT2D eigenvalue weighted by molar-refractivity contribution is 6.25. The first-order valence-electron chi connectivity index (χ1n) is 17.7. The predicted octanol–water partition coefficient (Wildman–Crippen LogP) is 12.3. The third kappa shape index (κ3) is 4.21. The second-order valence-electron chi connectivity index (χ2n) is 13.4. The molecule has 0 bridgehead atoms. The summed E-state index contributed by atoms with van der Waals surface area (Å²) in [7, 11) is 0. The fourth-order valence-electron chi connectivity index (χ4n) is 8.20. The van der Waals surface area contributed by atoms with Gasteiger partial charge in [0, 0.05) is 38.4 Å². The van der Waals surface area contributed by atoms with Crippen LogP contribution >= 0.6 is 0 Å². The standard InChI is InChI=1S/C48H30N4/c1-4-16-32(17-5-1)46-47(33-18-6-2-7-19-33)50-48-39(49-46)24-14-26-42(48)52-41-28-27-31-15-10-11-22-35(31)45(41)38-29-37-36-23-12-13-25-40(36)51(43(37)30-44(38)52)34-20-8-3-9-21-34/h1-30H. The van der Waals surface area contributed by atoms with Crippen LogP contribution in [-0.2, 0) is 0 Å². The summed E-state index contributed by atoms with van der Waals surface area (Å²) in [6, 6.07) is 64.7. The first-order chi connectivity index (χ1) is 25.8. The molecule has 0 atom stereocenters. The minimum Gasteiger partial charge on any atom is -0.309 e. The topological polar surface area (TPSA) is 35.6 Å². The van der Waals surface area contributed by atoms with Crippen molar-refractivity contribution in [3.63, 3.8) is 0 Å². The molecule has 3 aromatic heterocycles. The van der Waals surface area contributed by atoms with E-state index >= 15 is 0 Å². The predicted molar refractivity (Wildman–Crippen MR) is 217 cm³/mol. The normalized spacial score (nSPS) is 11.8. The van der Waals surface area contributed by atoms with Crippen LogP contribution in [0.5, 0.6) is 0 Å². The smallest absolute Gasteiger partial charge is 0.113 e. The molecule has 0 N–H and O–H groups in total. The monoisotopic (exact) mass is 662 g/mol. The SMILES string of the molecule is c1ccc(-c2nc3cccc(-n4c5cc6c(cc5c5c7ccccc7ccc54)c4ccccc4n6-c4ccccc4)c3nc2-c2ccccc2)cc1. The van der Waals surface area contributed by atoms with Gasteiger partial charge in [0.25, 0.3) is 0 Å². The van der Waals surface area contributed by atoms with Gasteiger partial charge in [-0.1, -0.05) is 133 Å². The molecule has 0 aliphatic carbocycles. The molecule has 11 aromatic rings. The molecule has 4 heteroatoms. The van der Waals surface area contributed by atoms with Crippen LogP contribution in [0.1, 0.15) is 0 Å². The second-order valence-corrected chi connectivity index (χ2v) is 13.4. The van der Waals surface area contributed by atoms with Gasteiger partial charge in [0.1, 0.15) is 5.52 Å². The Bertz CT molecular complexity index is 3160. The Morgan fingerprint density at radius 1 is 0.365 bits per heavy atom. The summed E-state index contributed by atoms with van der Waals surface area (Å²) in [5, 5.41) is 7.37. The van der Waals surface area contributed by atoms with Crippen molar-refractivity contribution >= 4 is 65.4 Å². The first kappa shape index (κ1) is 28.8. The lowest BCUT2D eigenvalue weighted by Crippen LogP contribution is -2.01. The minimum atomic E-state index is 0.853. The molecule has 242 valence electrons. The Labute approximate surface area is 299 Å². The number of aromatic nitrogens is 4. The molecule has 0 saturated carbocycles. The maximum Gasteiger partial charge on any atom is 0.113 e. The van der Waals surface area contributed by atoms with E-state index in [4.69, 9.17) is 9.97 Å². The molecule has 0 unspecified atom stereocenters. The van der Waals surface area contributed by atoms with Gasteiger partial charge >= 0.3 is 0 Å². The van der Waals surface area contributed by atoms with E-state index in [2.05, 4.69) is 179 Å². The van der Waals surface area contributed by atoms with E-state index in [-0.39, 0.29) is 0 Å². The van der Waals surface area contributed by atoms with Crippen molar-refractivity contribution in [1.82, 2.24) is 19.1 Å². The molecule has 8 aromatic carbocycles. The summed E-state index contributed by atoms with van der Waals surface area (Å²) in [5.74, 6) is 0. The van der Waals surface area contributed by atoms with E-state index < -0.39 is 0 Å². The number of para-hydroxylation sites is 3. The van der Waals surface area contributed by atoms with Crippen molar-refractivity contribution in [3.05, 3.63) is 182 Å². The average Bonchev–Trinajstić information content (AvgIpc) is 3.72. The molecular weight excluding hydrogens is 633 g/mol. The number of hydrogen-bond acceptors (Lipinski definition) is 2. The lowest BCUT2D eigenvalue weighted by molar-refractivity contribution is 1.16. The molecule has 52 heavy (non-hydrogen) atoms. The van der Waals surface area contributed by atoms with E-state index in [0.717, 1.165) is 61.5 Å². The molecule has 4 nitrogen and oxygen atoms in total. The Kier molecular flexibility index (Phi) is 6.22. The maximum absolute atomic E-state index is 5.53. The van der Waals surface area contributed by atoms with E-state index in [0.29, 0.717) is 0 Å². The third-order valence-corrected chi connectivity index (χ3v) is 10.5. The Morgan fingerprint density at radius 3 is 1.77 bits per heavy atom. The van der Waals surface area contributed by atoms with E-state index in [1.807, 2.05) is 12.1 Å². The second kappa shape index (κ2) is 11.2. The van der Waals surface area contributed by atoms with Crippen LogP contribution in [0.25, 0.3) is 99.3 Å². The Balaban J connectivity index is 1.30. The quantitative estimate of drug-likeness (QED) is 0.188. The van der Waals surface area contributed by atoms with Gasteiger partial charge in [-0.15, -0.1) is 0 Å². The molecule has 0 radical (unpaired) electrons. The lowest BCUT2D eigenvalue weighted by atomic mass is 10.0. The van der Waals surface area contributed by atoms with Gasteiger partial charge in [0.15, 0.2) is 0 Å². The minimum absolute atomic E-state index is 0.853. The number of hydrogen-bond donors (Lipinski definition) is 0. The molecule has 0 fully saturated rings. The molecule has 3 heterocycles. The van der Waals surface area contributed by atoms with Crippen molar-refractivity contribution < 1.29 is 0 Å². The van der Waals surface area contributed by atoms with Crippen molar-refractivity contribution in [2.45, 2.75) is 0 Å². The molecule has 0 aliphatic rings. The fourth-order valence-corrected chi connectivity index (χ4v) is 8.20. The summed E-state index contributed by atoms with van der Waals surface area (Å²) < 4.78 is 4.81. The van der Waals surface area contributed by atoms with Gasteiger partial charge in [-0.25, -0.2) is 9.97 Å². The molecule has 0 spiro atoms. The Morgan fingerprint density at radius 2 is 1.00 bits per heavy atom. The number of fused-ring (bicyclic) bond motifs is 9. The molecule has 0 amide bonds. The zero-order chi connectivity index (χ0) is 34.2. The van der Waals surface area contributed by atoms with E-state index in [9.17, 15) is 0 Å². The van der Waals surface area contributed by atoms with Crippen molar-refractivity contribution in [3.8, 4) is 33.9 Å². The van der Waals surface area contributed by atoms with Crippen LogP contribution in [0.3, 0.4) is 0 Å². The van der Waals surface area contributed by atoms with Gasteiger partial charge in [-0.2, -0.15) is 0 Å². The zero-order valence-electron chi connectivity index (χ0n) is 28.1. The molecule has 0 aliphatic heterocycles. The first-order valence-corrected chi connectivity index (χ1v) is 17.7. The van der Waals surface area contributed by atoms with Gasteiger partial charge < -0.3 is 9.13 Å². The summed E-state index contributed by atoms with van der Waals surface area (Å²) in [4.78, 5) is 10.9. The van der Waals surface area contributed by atoms with Crippen LogP contribution in [0.15, 0.2) is 182 Å². The van der Waals surface area contributed by atoms with Crippen LogP contribution in [0.2, 0.25) is 0 Å². The molecule has 11 rings (SSSR count). The highest BCUT2D eigenvalue weighted by Gasteiger charge is 2.22. The summed E-state index contributed by atoms with van der Waals surface area (Å²) in [5.41, 5.74) is 12.3. The maximum atomic E-state index is 5.53. The fraction of sp³-hybridized carbons (Fsp3) is 0. The molecular formula is C48H30N4. The van der Waals surface area contributed by atoms with Gasteiger partial charge in [0.05, 0.1) is 44.7 Å². The van der Waals surface area contributed by atoms with Crippen molar-refractivity contribution in [2.75, 3.05) is 0 Å². The Hall–Kier alpha value is -7.04. The van der Waals surface area contributed by atoms with E-state index in [1.54, 1.807) is 0 Å². The van der Waals surface area contributed by atoms with E-state index in [1.165, 1.54) is 37.8 Å². The van der Waals surface area contributed by atoms with Gasteiger partial charge in [-0.3, -0.25) is 0 Å². The van der Waals surface area contributed by atoms with Crippen molar-refractivity contribution in [1.29, 1.82) is 0 Å². The number of benzene rings is 8. The largest absolute Gasteiger partial charge is 0.309 e. The number of rotatable bonds is 4. The van der Waals surface area contributed by atoms with Crippen molar-refractivity contribution in [2.24, 2.45) is 0 Å². The third-order valence-electron chi connectivity index (χ3n) is 10.5. The average molecular weight is 663 g/mol. The van der Waals surface area contributed by atoms with Crippen LogP contribution in [0, 0.1) is 0 Å². The van der Waals surface area contributed by atoms with Gasteiger partial charge in [-0.05, 0) is 59.3 Å². The number of nitrogens with zero attached hydrogens (tertiary/aromatic N) is 4.